The van der Waals surface area contributed by atoms with E-state index in [2.05, 4.69) is 50.5 Å². The van der Waals surface area contributed by atoms with E-state index in [-0.39, 0.29) is 23.6 Å². The summed E-state index contributed by atoms with van der Waals surface area (Å²) in [6, 6.07) is 17.7. The fraction of sp³-hybridized carbons (Fsp3) is 0.185. The number of benzene rings is 3. The van der Waals surface area contributed by atoms with Gasteiger partial charge in [0, 0.05) is 10.4 Å². The van der Waals surface area contributed by atoms with E-state index in [1.165, 1.54) is 4.68 Å². The molecule has 0 saturated heterocycles. The molecule has 0 bridgehead atoms. The second-order valence-electron chi connectivity index (χ2n) is 8.29. The third-order valence-corrected chi connectivity index (χ3v) is 7.07. The smallest absolute Gasteiger partial charge is 0.335 e. The Morgan fingerprint density at radius 2 is 2.03 bits per heavy atom. The summed E-state index contributed by atoms with van der Waals surface area (Å²) in [5, 5.41) is 14.2. The largest absolute Gasteiger partial charge is 0.488 e. The van der Waals surface area contributed by atoms with Crippen LogP contribution in [-0.2, 0) is 6.61 Å². The number of aromatic nitrogens is 2. The Hall–Kier alpha value is -3.05. The van der Waals surface area contributed by atoms with Crippen molar-refractivity contribution in [1.29, 1.82) is 0 Å². The lowest BCUT2D eigenvalue weighted by molar-refractivity contribution is 0.0696. The van der Waals surface area contributed by atoms with Gasteiger partial charge in [0.05, 0.1) is 26.3 Å². The van der Waals surface area contributed by atoms with Crippen molar-refractivity contribution in [3.8, 4) is 5.75 Å². The molecule has 0 radical (unpaired) electrons. The molecule has 36 heavy (non-hydrogen) atoms. The first-order valence-corrected chi connectivity index (χ1v) is 13.1. The standard InChI is InChI=1S/C27H23BrIN3O4/c1-3-16(2)25-31-23-9-8-20(28)13-21(23)26(33)32(25)30-14-17-7-10-24(22(29)12-17)36-15-18-5-4-6-19(11-18)27(34)35/h4-14,16H,3,15H2,1-2H3,(H,34,35)/t16-/m1/s1. The summed E-state index contributed by atoms with van der Waals surface area (Å²) in [7, 11) is 0. The predicted molar refractivity (Wildman–Crippen MR) is 152 cm³/mol. The van der Waals surface area contributed by atoms with Gasteiger partial charge in [-0.05, 0) is 88.7 Å². The van der Waals surface area contributed by atoms with Crippen molar-refractivity contribution in [1.82, 2.24) is 9.66 Å². The van der Waals surface area contributed by atoms with Gasteiger partial charge in [-0.3, -0.25) is 4.79 Å². The van der Waals surface area contributed by atoms with Crippen LogP contribution in [0.3, 0.4) is 0 Å². The third kappa shape index (κ3) is 5.84. The number of rotatable bonds is 8. The van der Waals surface area contributed by atoms with E-state index in [9.17, 15) is 9.59 Å². The van der Waals surface area contributed by atoms with E-state index in [1.54, 1.807) is 30.5 Å². The fourth-order valence-corrected chi connectivity index (χ4v) is 4.63. The topological polar surface area (TPSA) is 93.8 Å². The molecule has 0 aliphatic carbocycles. The van der Waals surface area contributed by atoms with Crippen molar-refractivity contribution in [2.24, 2.45) is 5.10 Å². The van der Waals surface area contributed by atoms with Crippen LogP contribution in [0.15, 0.2) is 75.0 Å². The van der Waals surface area contributed by atoms with Crippen LogP contribution in [0, 0.1) is 3.57 Å². The number of carbonyl (C=O) groups is 1. The van der Waals surface area contributed by atoms with Gasteiger partial charge >= 0.3 is 5.97 Å². The summed E-state index contributed by atoms with van der Waals surface area (Å²) in [5.41, 5.74) is 2.22. The number of fused-ring (bicyclic) bond motifs is 1. The molecule has 1 aromatic heterocycles. The maximum atomic E-state index is 13.3. The zero-order chi connectivity index (χ0) is 25.8. The Bertz CT molecular complexity index is 1530. The van der Waals surface area contributed by atoms with Crippen LogP contribution >= 0.6 is 38.5 Å². The van der Waals surface area contributed by atoms with E-state index in [1.807, 2.05) is 43.3 Å². The molecule has 0 aliphatic heterocycles. The van der Waals surface area contributed by atoms with Gasteiger partial charge in [0.25, 0.3) is 5.56 Å². The van der Waals surface area contributed by atoms with Gasteiger partial charge in [-0.25, -0.2) is 9.78 Å². The number of hydrogen-bond donors (Lipinski definition) is 1. The Balaban J connectivity index is 1.60. The SMILES string of the molecule is CC[C@@H](C)c1nc2ccc(Br)cc2c(=O)n1N=Cc1ccc(OCc2cccc(C(=O)O)c2)c(I)c1. The van der Waals surface area contributed by atoms with Gasteiger partial charge in [-0.1, -0.05) is 41.9 Å². The van der Waals surface area contributed by atoms with Crippen LogP contribution in [0.2, 0.25) is 0 Å². The Labute approximate surface area is 230 Å². The van der Waals surface area contributed by atoms with Crippen LogP contribution in [-0.4, -0.2) is 27.0 Å². The molecule has 1 N–H and O–H groups in total. The number of carboxylic acid groups (broad SMARTS) is 1. The minimum atomic E-state index is -0.972. The Kier molecular flexibility index (Phi) is 8.20. The van der Waals surface area contributed by atoms with Crippen molar-refractivity contribution < 1.29 is 14.6 Å². The van der Waals surface area contributed by atoms with Crippen LogP contribution in [0.5, 0.6) is 5.75 Å². The average molecular weight is 660 g/mol. The monoisotopic (exact) mass is 659 g/mol. The molecule has 1 heterocycles. The normalized spacial score (nSPS) is 12.2. The summed E-state index contributed by atoms with van der Waals surface area (Å²) in [6.07, 6.45) is 2.46. The van der Waals surface area contributed by atoms with E-state index in [0.717, 1.165) is 25.6 Å². The number of carboxylic acids is 1. The maximum absolute atomic E-state index is 13.3. The molecule has 4 aromatic rings. The lowest BCUT2D eigenvalue weighted by atomic mass is 10.1. The third-order valence-electron chi connectivity index (χ3n) is 5.73. The highest BCUT2D eigenvalue weighted by atomic mass is 127. The molecule has 3 aromatic carbocycles. The Morgan fingerprint density at radius 3 is 2.75 bits per heavy atom. The first-order valence-electron chi connectivity index (χ1n) is 11.3. The lowest BCUT2D eigenvalue weighted by Gasteiger charge is -2.14. The highest BCUT2D eigenvalue weighted by Gasteiger charge is 2.15. The van der Waals surface area contributed by atoms with Crippen LogP contribution in [0.1, 0.15) is 53.5 Å². The van der Waals surface area contributed by atoms with Gasteiger partial charge in [0.2, 0.25) is 0 Å². The quantitative estimate of drug-likeness (QED) is 0.174. The molecular formula is C27H23BrIN3O4. The van der Waals surface area contributed by atoms with Crippen molar-refractivity contribution in [2.75, 3.05) is 0 Å². The molecule has 0 spiro atoms. The molecule has 0 unspecified atom stereocenters. The van der Waals surface area contributed by atoms with E-state index in [0.29, 0.717) is 22.5 Å². The molecule has 7 nitrogen and oxygen atoms in total. The first kappa shape index (κ1) is 26.0. The van der Waals surface area contributed by atoms with Crippen molar-refractivity contribution >= 4 is 61.6 Å². The number of halogens is 2. The fourth-order valence-electron chi connectivity index (χ4n) is 3.57. The summed E-state index contributed by atoms with van der Waals surface area (Å²) >= 11 is 5.61. The van der Waals surface area contributed by atoms with Gasteiger partial charge in [0.15, 0.2) is 0 Å². The molecule has 1 atom stereocenters. The average Bonchev–Trinajstić information content (AvgIpc) is 2.87. The highest BCUT2D eigenvalue weighted by Crippen LogP contribution is 2.24. The summed E-state index contributed by atoms with van der Waals surface area (Å²) < 4.78 is 8.96. The second-order valence-corrected chi connectivity index (χ2v) is 10.4. The summed E-state index contributed by atoms with van der Waals surface area (Å²) in [5.74, 6) is 0.369. The van der Waals surface area contributed by atoms with Crippen LogP contribution in [0.25, 0.3) is 10.9 Å². The number of nitrogens with zero attached hydrogens (tertiary/aromatic N) is 3. The van der Waals surface area contributed by atoms with Crippen LogP contribution in [0.4, 0.5) is 0 Å². The van der Waals surface area contributed by atoms with E-state index in [4.69, 9.17) is 14.8 Å². The zero-order valence-corrected chi connectivity index (χ0v) is 23.4. The summed E-state index contributed by atoms with van der Waals surface area (Å²) in [6.45, 7) is 4.33. The molecule has 184 valence electrons. The van der Waals surface area contributed by atoms with Gasteiger partial charge < -0.3 is 9.84 Å². The van der Waals surface area contributed by atoms with E-state index >= 15 is 0 Å². The predicted octanol–water partition coefficient (Wildman–Crippen LogP) is 6.44. The minimum Gasteiger partial charge on any atom is -0.488 e. The number of aromatic carboxylic acids is 1. The van der Waals surface area contributed by atoms with Gasteiger partial charge in [-0.2, -0.15) is 9.78 Å². The van der Waals surface area contributed by atoms with E-state index < -0.39 is 5.97 Å². The molecule has 0 fully saturated rings. The minimum absolute atomic E-state index is 0.0541. The number of ether oxygens (including phenoxy) is 1. The van der Waals surface area contributed by atoms with Crippen molar-refractivity contribution in [2.45, 2.75) is 32.8 Å². The molecular weight excluding hydrogens is 637 g/mol. The molecule has 0 amide bonds. The van der Waals surface area contributed by atoms with Gasteiger partial charge in [-0.15, -0.1) is 0 Å². The van der Waals surface area contributed by atoms with Crippen molar-refractivity contribution in [3.05, 3.63) is 102 Å². The summed E-state index contributed by atoms with van der Waals surface area (Å²) in [4.78, 5) is 29.2. The molecule has 4 rings (SSSR count). The Morgan fingerprint density at radius 1 is 1.22 bits per heavy atom. The molecule has 0 aliphatic rings. The number of hydrogen-bond acceptors (Lipinski definition) is 5. The first-order chi connectivity index (χ1) is 17.3. The van der Waals surface area contributed by atoms with Crippen LogP contribution < -0.4 is 10.3 Å². The lowest BCUT2D eigenvalue weighted by Crippen LogP contribution is -2.23. The van der Waals surface area contributed by atoms with Gasteiger partial charge in [0.1, 0.15) is 18.2 Å². The highest BCUT2D eigenvalue weighted by molar-refractivity contribution is 14.1. The molecule has 0 saturated carbocycles. The molecule has 9 heteroatoms. The zero-order valence-electron chi connectivity index (χ0n) is 19.6. The van der Waals surface area contributed by atoms with Crippen molar-refractivity contribution in [3.63, 3.8) is 0 Å². The maximum Gasteiger partial charge on any atom is 0.335 e. The second kappa shape index (κ2) is 11.3.